The molecular formula is C16H13Cl2F2NO4. The summed E-state index contributed by atoms with van der Waals surface area (Å²) in [5, 5.41) is 9.19. The molecule has 1 N–H and O–H groups in total. The van der Waals surface area contributed by atoms with Gasteiger partial charge in [0.05, 0.1) is 22.7 Å². The molecule has 0 radical (unpaired) electrons. The summed E-state index contributed by atoms with van der Waals surface area (Å²) in [5.41, 5.74) is 0.261. The number of carbonyl (C=O) groups excluding carboxylic acids is 1. The molecule has 0 atom stereocenters. The zero-order valence-electron chi connectivity index (χ0n) is 13.1. The van der Waals surface area contributed by atoms with Gasteiger partial charge < -0.3 is 5.11 Å². The highest BCUT2D eigenvalue weighted by Gasteiger charge is 2.12. The molecule has 0 saturated carbocycles. The highest BCUT2D eigenvalue weighted by atomic mass is 35.5. The third-order valence-corrected chi connectivity index (χ3v) is 3.47. The zero-order chi connectivity index (χ0) is 19.1. The molecule has 0 saturated heterocycles. The van der Waals surface area contributed by atoms with E-state index < -0.39 is 17.6 Å². The smallest absolute Gasteiger partial charge is 0.335 e. The van der Waals surface area contributed by atoms with Crippen LogP contribution in [0.4, 0.5) is 8.78 Å². The lowest BCUT2D eigenvalue weighted by Gasteiger charge is -2.13. The summed E-state index contributed by atoms with van der Waals surface area (Å²) in [5.74, 6) is -2.67. The highest BCUT2D eigenvalue weighted by Crippen LogP contribution is 2.17. The third kappa shape index (κ3) is 5.97. The van der Waals surface area contributed by atoms with Gasteiger partial charge in [-0.3, -0.25) is 9.63 Å². The first-order valence-electron chi connectivity index (χ1n) is 6.63. The van der Waals surface area contributed by atoms with Gasteiger partial charge in [0.2, 0.25) is 0 Å². The van der Waals surface area contributed by atoms with E-state index >= 15 is 0 Å². The minimum Gasteiger partial charge on any atom is -0.478 e. The van der Waals surface area contributed by atoms with Gasteiger partial charge in [0.15, 0.2) is 0 Å². The van der Waals surface area contributed by atoms with Crippen LogP contribution in [-0.4, -0.2) is 36.2 Å². The van der Waals surface area contributed by atoms with E-state index in [1.165, 1.54) is 26.3 Å². The number of amides is 1. The number of carboxylic acids is 1. The Hall–Kier alpha value is -2.22. The van der Waals surface area contributed by atoms with Gasteiger partial charge in [-0.15, -0.1) is 0 Å². The minimum atomic E-state index is -1.12. The van der Waals surface area contributed by atoms with Crippen molar-refractivity contribution >= 4 is 35.1 Å². The molecule has 2 aromatic carbocycles. The van der Waals surface area contributed by atoms with Gasteiger partial charge in [0.1, 0.15) is 11.6 Å². The van der Waals surface area contributed by atoms with Gasteiger partial charge in [-0.05, 0) is 36.4 Å². The Kier molecular flexibility index (Phi) is 7.76. The van der Waals surface area contributed by atoms with Gasteiger partial charge in [-0.1, -0.05) is 23.2 Å². The molecule has 2 rings (SSSR count). The summed E-state index contributed by atoms with van der Waals surface area (Å²) in [6.07, 6.45) is 0. The Morgan fingerprint density at radius 1 is 1.00 bits per heavy atom. The van der Waals surface area contributed by atoms with E-state index in [2.05, 4.69) is 4.84 Å². The number of halogens is 4. The van der Waals surface area contributed by atoms with Crippen molar-refractivity contribution in [2.24, 2.45) is 0 Å². The maximum atomic E-state index is 12.8. The Bertz CT molecular complexity index is 787. The van der Waals surface area contributed by atoms with Crippen LogP contribution in [0.15, 0.2) is 36.4 Å². The van der Waals surface area contributed by atoms with Crippen molar-refractivity contribution < 1.29 is 28.3 Å². The first-order valence-corrected chi connectivity index (χ1v) is 7.38. The van der Waals surface area contributed by atoms with Crippen molar-refractivity contribution in [3.63, 3.8) is 0 Å². The minimum absolute atomic E-state index is 0.0172. The second-order valence-electron chi connectivity index (χ2n) is 4.55. The Morgan fingerprint density at radius 3 is 1.84 bits per heavy atom. The van der Waals surface area contributed by atoms with E-state index in [9.17, 15) is 18.4 Å². The lowest BCUT2D eigenvalue weighted by molar-refractivity contribution is -0.0757. The zero-order valence-corrected chi connectivity index (χ0v) is 14.6. The van der Waals surface area contributed by atoms with Crippen LogP contribution in [0.5, 0.6) is 0 Å². The average Bonchev–Trinajstić information content (AvgIpc) is 2.58. The highest BCUT2D eigenvalue weighted by molar-refractivity contribution is 6.31. The Labute approximate surface area is 152 Å². The van der Waals surface area contributed by atoms with Gasteiger partial charge in [-0.2, -0.15) is 0 Å². The van der Waals surface area contributed by atoms with Crippen molar-refractivity contribution in [1.82, 2.24) is 5.06 Å². The summed E-state index contributed by atoms with van der Waals surface area (Å²) in [4.78, 5) is 26.4. The summed E-state index contributed by atoms with van der Waals surface area (Å²) in [6.45, 7) is 0. The first-order chi connectivity index (χ1) is 11.7. The maximum absolute atomic E-state index is 12.8. The molecule has 0 bridgehead atoms. The molecule has 25 heavy (non-hydrogen) atoms. The van der Waals surface area contributed by atoms with Crippen LogP contribution in [0.3, 0.4) is 0 Å². The Balaban J connectivity index is 0.000000257. The van der Waals surface area contributed by atoms with Crippen molar-refractivity contribution in [3.05, 3.63) is 69.2 Å². The lowest BCUT2D eigenvalue weighted by atomic mass is 10.2. The van der Waals surface area contributed by atoms with Gasteiger partial charge in [0, 0.05) is 12.6 Å². The molecule has 2 aromatic rings. The molecular weight excluding hydrogens is 379 g/mol. The van der Waals surface area contributed by atoms with E-state index in [4.69, 9.17) is 28.3 Å². The van der Waals surface area contributed by atoms with E-state index in [0.29, 0.717) is 0 Å². The fourth-order valence-electron chi connectivity index (χ4n) is 1.52. The van der Waals surface area contributed by atoms with Crippen molar-refractivity contribution in [2.75, 3.05) is 14.2 Å². The predicted molar refractivity (Wildman–Crippen MR) is 88.9 cm³/mol. The molecule has 0 aliphatic heterocycles. The number of rotatable bonds is 3. The number of hydrogen-bond donors (Lipinski definition) is 1. The third-order valence-electron chi connectivity index (χ3n) is 2.89. The summed E-state index contributed by atoms with van der Waals surface area (Å²) in [6, 6.07) is 6.99. The molecule has 0 spiro atoms. The molecule has 0 aliphatic rings. The number of hydrogen-bond acceptors (Lipinski definition) is 3. The predicted octanol–water partition coefficient (Wildman–Crippen LogP) is 4.29. The van der Waals surface area contributed by atoms with Crippen LogP contribution in [0.2, 0.25) is 10.0 Å². The molecule has 134 valence electrons. The van der Waals surface area contributed by atoms with Crippen LogP contribution >= 0.6 is 23.2 Å². The van der Waals surface area contributed by atoms with Crippen molar-refractivity contribution in [1.29, 1.82) is 0 Å². The largest absolute Gasteiger partial charge is 0.478 e. The summed E-state index contributed by atoms with van der Waals surface area (Å²) < 4.78 is 25.2. The number of nitrogens with zero attached hydrogens (tertiary/aromatic N) is 1. The fourth-order valence-corrected chi connectivity index (χ4v) is 1.88. The number of benzene rings is 2. The van der Waals surface area contributed by atoms with Crippen LogP contribution in [-0.2, 0) is 4.84 Å². The molecule has 9 heteroatoms. The fraction of sp³-hybridized carbons (Fsp3) is 0.125. The topological polar surface area (TPSA) is 66.8 Å². The van der Waals surface area contributed by atoms with E-state index in [0.717, 1.165) is 29.3 Å². The standard InChI is InChI=1S/C9H9ClFNO2.C7H4ClFO2/c1-12(14-2)9(13)6-3-4-8(11)7(10)5-6;8-5-3-4(7(10)11)1-2-6(5)9/h3-5H,1-2H3;1-3H,(H,10,11). The Morgan fingerprint density at radius 2 is 1.44 bits per heavy atom. The SMILES string of the molecule is CON(C)C(=O)c1ccc(F)c(Cl)c1.O=C(O)c1ccc(F)c(Cl)c1. The van der Waals surface area contributed by atoms with Gasteiger partial charge in [0.25, 0.3) is 5.91 Å². The molecule has 0 unspecified atom stereocenters. The van der Waals surface area contributed by atoms with Gasteiger partial charge in [-0.25, -0.2) is 18.6 Å². The monoisotopic (exact) mass is 391 g/mol. The van der Waals surface area contributed by atoms with E-state index in [1.807, 2.05) is 0 Å². The van der Waals surface area contributed by atoms with Crippen molar-refractivity contribution in [3.8, 4) is 0 Å². The first kappa shape index (κ1) is 20.8. The van der Waals surface area contributed by atoms with E-state index in [1.54, 1.807) is 0 Å². The molecule has 0 aliphatic carbocycles. The second-order valence-corrected chi connectivity index (χ2v) is 5.36. The van der Waals surface area contributed by atoms with E-state index in [-0.39, 0.29) is 27.1 Å². The number of aromatic carboxylic acids is 1. The molecule has 0 aromatic heterocycles. The molecule has 0 heterocycles. The molecule has 1 amide bonds. The van der Waals surface area contributed by atoms with Crippen LogP contribution in [0.25, 0.3) is 0 Å². The molecule has 5 nitrogen and oxygen atoms in total. The van der Waals surface area contributed by atoms with Crippen LogP contribution in [0.1, 0.15) is 20.7 Å². The quantitative estimate of drug-likeness (QED) is 0.792. The second kappa shape index (κ2) is 9.31. The number of carboxylic acid groups (broad SMARTS) is 1. The maximum Gasteiger partial charge on any atom is 0.335 e. The van der Waals surface area contributed by atoms with Crippen molar-refractivity contribution in [2.45, 2.75) is 0 Å². The average molecular weight is 392 g/mol. The number of hydroxylamine groups is 2. The van der Waals surface area contributed by atoms with Crippen LogP contribution in [0, 0.1) is 11.6 Å². The normalized spacial score (nSPS) is 9.84. The van der Waals surface area contributed by atoms with Gasteiger partial charge >= 0.3 is 5.97 Å². The lowest BCUT2D eigenvalue weighted by Crippen LogP contribution is -2.25. The number of carbonyl (C=O) groups is 2. The van der Waals surface area contributed by atoms with Crippen LogP contribution < -0.4 is 0 Å². The molecule has 0 fully saturated rings. The summed E-state index contributed by atoms with van der Waals surface area (Å²) in [7, 11) is 2.82. The summed E-state index contributed by atoms with van der Waals surface area (Å²) >= 11 is 10.8.